The number of benzene rings is 2. The van der Waals surface area contributed by atoms with Crippen LogP contribution in [-0.2, 0) is 18.9 Å². The van der Waals surface area contributed by atoms with Crippen molar-refractivity contribution in [2.75, 3.05) is 0 Å². The highest BCUT2D eigenvalue weighted by atomic mass is 35.5. The highest BCUT2D eigenvalue weighted by Crippen LogP contribution is 2.23. The Kier molecular flexibility index (Phi) is 6.83. The van der Waals surface area contributed by atoms with E-state index in [4.69, 9.17) is 16.3 Å². The predicted molar refractivity (Wildman–Crippen MR) is 137 cm³/mol. The van der Waals surface area contributed by atoms with Crippen molar-refractivity contribution in [3.8, 4) is 5.75 Å². The number of halogens is 1. The largest absolute Gasteiger partial charge is 0.486 e. The molecule has 3 heterocycles. The number of rotatable bonds is 8. The quantitative estimate of drug-likeness (QED) is 0.272. The molecular weight excluding hydrogens is 482 g/mol. The summed E-state index contributed by atoms with van der Waals surface area (Å²) in [6.07, 6.45) is 1.80. The molecule has 0 amide bonds. The number of fused-ring (bicyclic) bond motifs is 1. The molecule has 0 saturated carbocycles. The van der Waals surface area contributed by atoms with Crippen LogP contribution in [0.5, 0.6) is 5.75 Å². The van der Waals surface area contributed by atoms with Gasteiger partial charge in [0.1, 0.15) is 18.0 Å². The zero-order valence-corrected chi connectivity index (χ0v) is 20.5. The molecule has 0 saturated heterocycles. The molecule has 5 aromatic rings. The van der Waals surface area contributed by atoms with Crippen LogP contribution in [0.25, 0.3) is 5.65 Å². The van der Waals surface area contributed by atoms with E-state index in [1.54, 1.807) is 28.8 Å². The molecule has 3 aromatic heterocycles. The number of aromatic nitrogens is 5. The Labute approximate surface area is 211 Å². The minimum Gasteiger partial charge on any atom is -0.486 e. The second kappa shape index (κ2) is 10.3. The van der Waals surface area contributed by atoms with Crippen LogP contribution in [0.4, 0.5) is 0 Å². The fourth-order valence-electron chi connectivity index (χ4n) is 3.61. The third-order valence-electron chi connectivity index (χ3n) is 5.37. The maximum atomic E-state index is 12.6. The maximum absolute atomic E-state index is 12.6. The first kappa shape index (κ1) is 23.1. The Balaban J connectivity index is 1.38. The van der Waals surface area contributed by atoms with Gasteiger partial charge >= 0.3 is 0 Å². The van der Waals surface area contributed by atoms with Gasteiger partial charge in [0.25, 0.3) is 5.56 Å². The molecule has 0 fully saturated rings. The van der Waals surface area contributed by atoms with Crippen molar-refractivity contribution in [2.45, 2.75) is 31.0 Å². The van der Waals surface area contributed by atoms with Crippen LogP contribution in [0, 0.1) is 6.92 Å². The third-order valence-corrected chi connectivity index (χ3v) is 6.62. The van der Waals surface area contributed by atoms with Crippen molar-refractivity contribution in [2.24, 2.45) is 0 Å². The van der Waals surface area contributed by atoms with Crippen LogP contribution < -0.4 is 10.3 Å². The Morgan fingerprint density at radius 2 is 1.80 bits per heavy atom. The van der Waals surface area contributed by atoms with Gasteiger partial charge in [-0.1, -0.05) is 59.8 Å². The highest BCUT2D eigenvalue weighted by molar-refractivity contribution is 7.98. The number of pyridine rings is 1. The normalized spacial score (nSPS) is 11.1. The van der Waals surface area contributed by atoms with Gasteiger partial charge in [-0.05, 0) is 48.4 Å². The predicted octanol–water partition coefficient (Wildman–Crippen LogP) is 5.17. The first-order chi connectivity index (χ1) is 17.0. The summed E-state index contributed by atoms with van der Waals surface area (Å²) in [6, 6.07) is 22.7. The fraction of sp³-hybridized carbons (Fsp3) is 0.154. The average molecular weight is 504 g/mol. The number of nitrogens with zero attached hydrogens (tertiary/aromatic N) is 5. The summed E-state index contributed by atoms with van der Waals surface area (Å²) in [5.41, 5.74) is 3.35. The molecule has 2 aromatic carbocycles. The lowest BCUT2D eigenvalue weighted by molar-refractivity contribution is 0.289. The van der Waals surface area contributed by atoms with Crippen molar-refractivity contribution < 1.29 is 4.74 Å². The zero-order chi connectivity index (χ0) is 24.2. The molecule has 0 unspecified atom stereocenters. The van der Waals surface area contributed by atoms with E-state index in [9.17, 15) is 4.79 Å². The van der Waals surface area contributed by atoms with Gasteiger partial charge in [-0.3, -0.25) is 13.8 Å². The molecule has 0 N–H and O–H groups in total. The van der Waals surface area contributed by atoms with Crippen LogP contribution in [0.15, 0.2) is 88.9 Å². The van der Waals surface area contributed by atoms with Crippen molar-refractivity contribution >= 4 is 29.0 Å². The molecule has 7 nitrogen and oxygen atoms in total. The van der Waals surface area contributed by atoms with Crippen LogP contribution in [0.1, 0.15) is 22.6 Å². The molecular formula is C26H22ClN5O2S. The van der Waals surface area contributed by atoms with E-state index in [2.05, 4.69) is 27.3 Å². The SMILES string of the molecule is Cc1ccc2nc(CSc3nnc(COc4ccc(Cl)cc4)n3Cc3ccccc3)cc(=O)n2c1. The number of aryl methyl sites for hydroxylation is 1. The standard InChI is InChI=1S/C26H22ClN5O2S/c1-18-7-12-23-28-21(13-25(33)31(23)14-18)17-35-26-30-29-24(16-34-22-10-8-20(27)9-11-22)32(26)15-19-5-3-2-4-6-19/h2-14H,15-17H2,1H3. The van der Waals surface area contributed by atoms with Crippen molar-refractivity contribution in [1.29, 1.82) is 0 Å². The summed E-state index contributed by atoms with van der Waals surface area (Å²) in [6.45, 7) is 2.81. The van der Waals surface area contributed by atoms with Crippen LogP contribution in [0.2, 0.25) is 5.02 Å². The lowest BCUT2D eigenvalue weighted by Crippen LogP contribution is -2.15. The highest BCUT2D eigenvalue weighted by Gasteiger charge is 2.15. The number of thioether (sulfide) groups is 1. The minimum absolute atomic E-state index is 0.0999. The van der Waals surface area contributed by atoms with Gasteiger partial charge in [0.05, 0.1) is 12.2 Å². The first-order valence-electron chi connectivity index (χ1n) is 11.0. The molecule has 0 bridgehead atoms. The molecule has 0 radical (unpaired) electrons. The summed E-state index contributed by atoms with van der Waals surface area (Å²) in [4.78, 5) is 17.2. The van der Waals surface area contributed by atoms with Crippen LogP contribution in [0.3, 0.4) is 0 Å². The summed E-state index contributed by atoms with van der Waals surface area (Å²) < 4.78 is 9.53. The molecule has 35 heavy (non-hydrogen) atoms. The summed E-state index contributed by atoms with van der Waals surface area (Å²) in [5.74, 6) is 1.90. The van der Waals surface area contributed by atoms with E-state index in [1.165, 1.54) is 11.8 Å². The lowest BCUT2D eigenvalue weighted by Gasteiger charge is -2.11. The van der Waals surface area contributed by atoms with Gasteiger partial charge in [-0.2, -0.15) is 0 Å². The van der Waals surface area contributed by atoms with Crippen LogP contribution >= 0.6 is 23.4 Å². The average Bonchev–Trinajstić information content (AvgIpc) is 3.24. The van der Waals surface area contributed by atoms with Gasteiger partial charge < -0.3 is 4.74 Å². The third kappa shape index (κ3) is 5.55. The Bertz CT molecular complexity index is 1520. The van der Waals surface area contributed by atoms with E-state index in [-0.39, 0.29) is 12.2 Å². The molecule has 0 aliphatic rings. The summed E-state index contributed by atoms with van der Waals surface area (Å²) in [7, 11) is 0. The second-order valence-electron chi connectivity index (χ2n) is 8.02. The van der Waals surface area contributed by atoms with E-state index in [0.29, 0.717) is 40.2 Å². The van der Waals surface area contributed by atoms with Gasteiger partial charge in [0.15, 0.2) is 11.0 Å². The topological polar surface area (TPSA) is 74.3 Å². The number of ether oxygens (including phenoxy) is 1. The van der Waals surface area contributed by atoms with Gasteiger partial charge in [-0.15, -0.1) is 10.2 Å². The van der Waals surface area contributed by atoms with Gasteiger partial charge in [0.2, 0.25) is 0 Å². The van der Waals surface area contributed by atoms with Crippen molar-refractivity contribution in [3.63, 3.8) is 0 Å². The monoisotopic (exact) mass is 503 g/mol. The van der Waals surface area contributed by atoms with Gasteiger partial charge in [0, 0.05) is 23.0 Å². The van der Waals surface area contributed by atoms with Crippen molar-refractivity contribution in [3.05, 3.63) is 117 Å². The Morgan fingerprint density at radius 1 is 1.00 bits per heavy atom. The number of hydrogen-bond donors (Lipinski definition) is 0. The zero-order valence-electron chi connectivity index (χ0n) is 19.0. The molecule has 9 heteroatoms. The molecule has 176 valence electrons. The second-order valence-corrected chi connectivity index (χ2v) is 9.40. The summed E-state index contributed by atoms with van der Waals surface area (Å²) >= 11 is 7.46. The van der Waals surface area contributed by atoms with E-state index >= 15 is 0 Å². The fourth-order valence-corrected chi connectivity index (χ4v) is 4.58. The van der Waals surface area contributed by atoms with E-state index in [0.717, 1.165) is 16.3 Å². The summed E-state index contributed by atoms with van der Waals surface area (Å²) in [5, 5.41) is 10.2. The molecule has 5 rings (SSSR count). The lowest BCUT2D eigenvalue weighted by atomic mass is 10.2. The Hall–Kier alpha value is -3.62. The smallest absolute Gasteiger partial charge is 0.258 e. The van der Waals surface area contributed by atoms with Gasteiger partial charge in [-0.25, -0.2) is 4.98 Å². The molecule has 0 spiro atoms. The van der Waals surface area contributed by atoms with E-state index in [1.807, 2.05) is 54.0 Å². The molecule has 0 aliphatic carbocycles. The van der Waals surface area contributed by atoms with Crippen LogP contribution in [-0.4, -0.2) is 24.1 Å². The Morgan fingerprint density at radius 3 is 2.60 bits per heavy atom. The minimum atomic E-state index is -0.0999. The first-order valence-corrected chi connectivity index (χ1v) is 12.4. The maximum Gasteiger partial charge on any atom is 0.258 e. The van der Waals surface area contributed by atoms with E-state index < -0.39 is 0 Å². The number of hydrogen-bond acceptors (Lipinski definition) is 6. The molecule has 0 aliphatic heterocycles. The van der Waals surface area contributed by atoms with Crippen molar-refractivity contribution in [1.82, 2.24) is 24.1 Å². The molecule has 0 atom stereocenters.